The SMILES string of the molecule is Cc1cc(C)c(OCc2csc(C(=O)Nc3ccn(Cc4ccc(Br)cc4)n3)c2)c(C)c1. The Labute approximate surface area is 200 Å². The first-order valence-corrected chi connectivity index (χ1v) is 11.9. The number of amides is 1. The van der Waals surface area contributed by atoms with Crippen molar-refractivity contribution in [2.45, 2.75) is 33.9 Å². The van der Waals surface area contributed by atoms with E-state index in [0.29, 0.717) is 23.8 Å². The number of ether oxygens (including phenoxy) is 1. The van der Waals surface area contributed by atoms with E-state index in [1.807, 2.05) is 41.9 Å². The van der Waals surface area contributed by atoms with Crippen molar-refractivity contribution in [2.75, 3.05) is 5.32 Å². The molecular weight excluding hydrogens is 486 g/mol. The highest BCUT2D eigenvalue weighted by Crippen LogP contribution is 2.26. The Kier molecular flexibility index (Phi) is 6.77. The number of anilines is 1. The van der Waals surface area contributed by atoms with Gasteiger partial charge in [0.25, 0.3) is 5.91 Å². The van der Waals surface area contributed by atoms with E-state index in [1.54, 1.807) is 10.7 Å². The van der Waals surface area contributed by atoms with E-state index in [2.05, 4.69) is 59.2 Å². The number of halogens is 1. The molecule has 1 N–H and O–H groups in total. The zero-order chi connectivity index (χ0) is 22.7. The average molecular weight is 510 g/mol. The number of benzene rings is 2. The number of thiophene rings is 1. The van der Waals surface area contributed by atoms with Gasteiger partial charge in [-0.05, 0) is 61.0 Å². The van der Waals surface area contributed by atoms with Crippen LogP contribution in [0, 0.1) is 20.8 Å². The lowest BCUT2D eigenvalue weighted by Gasteiger charge is -2.12. The maximum absolute atomic E-state index is 12.7. The minimum atomic E-state index is -0.169. The van der Waals surface area contributed by atoms with E-state index in [0.717, 1.165) is 32.5 Å². The molecule has 2 aromatic heterocycles. The molecule has 0 aliphatic rings. The van der Waals surface area contributed by atoms with Crippen molar-refractivity contribution in [1.29, 1.82) is 0 Å². The van der Waals surface area contributed by atoms with Crippen LogP contribution in [0.15, 0.2) is 64.6 Å². The second kappa shape index (κ2) is 9.71. The maximum atomic E-state index is 12.7. The summed E-state index contributed by atoms with van der Waals surface area (Å²) in [6.07, 6.45) is 1.86. The molecule has 0 unspecified atom stereocenters. The molecule has 2 heterocycles. The summed E-state index contributed by atoms with van der Waals surface area (Å²) >= 11 is 4.84. The van der Waals surface area contributed by atoms with E-state index in [4.69, 9.17) is 4.74 Å². The van der Waals surface area contributed by atoms with Crippen LogP contribution in [-0.4, -0.2) is 15.7 Å². The first kappa shape index (κ1) is 22.3. The first-order chi connectivity index (χ1) is 15.4. The minimum absolute atomic E-state index is 0.169. The summed E-state index contributed by atoms with van der Waals surface area (Å²) in [6, 6.07) is 16.0. The van der Waals surface area contributed by atoms with Gasteiger partial charge in [0.05, 0.1) is 11.4 Å². The van der Waals surface area contributed by atoms with Gasteiger partial charge in [-0.15, -0.1) is 11.3 Å². The summed E-state index contributed by atoms with van der Waals surface area (Å²) in [5.41, 5.74) is 5.57. The number of nitrogens with zero attached hydrogens (tertiary/aromatic N) is 2. The van der Waals surface area contributed by atoms with Gasteiger partial charge in [0.2, 0.25) is 0 Å². The number of nitrogens with one attached hydrogen (secondary N) is 1. The van der Waals surface area contributed by atoms with Crippen LogP contribution in [0.2, 0.25) is 0 Å². The van der Waals surface area contributed by atoms with Crippen LogP contribution in [0.1, 0.15) is 37.5 Å². The Morgan fingerprint density at radius 3 is 2.50 bits per heavy atom. The summed E-state index contributed by atoms with van der Waals surface area (Å²) in [6.45, 7) is 7.25. The topological polar surface area (TPSA) is 56.1 Å². The molecule has 1 amide bonds. The molecule has 164 valence electrons. The van der Waals surface area contributed by atoms with Gasteiger partial charge in [-0.1, -0.05) is 45.8 Å². The van der Waals surface area contributed by atoms with Gasteiger partial charge < -0.3 is 10.1 Å². The van der Waals surface area contributed by atoms with Crippen LogP contribution in [-0.2, 0) is 13.2 Å². The van der Waals surface area contributed by atoms with Gasteiger partial charge in [0.15, 0.2) is 5.82 Å². The van der Waals surface area contributed by atoms with Crippen molar-refractivity contribution in [2.24, 2.45) is 0 Å². The quantitative estimate of drug-likeness (QED) is 0.308. The highest BCUT2D eigenvalue weighted by atomic mass is 79.9. The lowest BCUT2D eigenvalue weighted by atomic mass is 10.1. The number of carbonyl (C=O) groups excluding carboxylic acids is 1. The predicted octanol–water partition coefficient (Wildman–Crippen LogP) is 6.51. The fourth-order valence-electron chi connectivity index (χ4n) is 3.59. The normalized spacial score (nSPS) is 10.9. The number of carbonyl (C=O) groups is 1. The number of aromatic nitrogens is 2. The fourth-order valence-corrected chi connectivity index (χ4v) is 4.65. The third-order valence-corrected chi connectivity index (χ3v) is 6.51. The lowest BCUT2D eigenvalue weighted by molar-refractivity contribution is 0.103. The highest BCUT2D eigenvalue weighted by Gasteiger charge is 2.12. The molecule has 2 aromatic carbocycles. The van der Waals surface area contributed by atoms with E-state index in [1.165, 1.54) is 16.9 Å². The van der Waals surface area contributed by atoms with Crippen molar-refractivity contribution in [1.82, 2.24) is 9.78 Å². The molecule has 0 radical (unpaired) electrons. The minimum Gasteiger partial charge on any atom is -0.488 e. The van der Waals surface area contributed by atoms with Crippen LogP contribution >= 0.6 is 27.3 Å². The largest absolute Gasteiger partial charge is 0.488 e. The second-order valence-electron chi connectivity index (χ2n) is 7.81. The van der Waals surface area contributed by atoms with Crippen LogP contribution < -0.4 is 10.1 Å². The van der Waals surface area contributed by atoms with Gasteiger partial charge >= 0.3 is 0 Å². The van der Waals surface area contributed by atoms with Crippen molar-refractivity contribution >= 4 is 39.0 Å². The number of hydrogen-bond acceptors (Lipinski definition) is 4. The third-order valence-electron chi connectivity index (χ3n) is 5.01. The smallest absolute Gasteiger partial charge is 0.266 e. The van der Waals surface area contributed by atoms with Gasteiger partial charge in [0, 0.05) is 22.3 Å². The summed E-state index contributed by atoms with van der Waals surface area (Å²) in [5, 5.41) is 9.29. The summed E-state index contributed by atoms with van der Waals surface area (Å²) in [5.74, 6) is 1.27. The monoisotopic (exact) mass is 509 g/mol. The lowest BCUT2D eigenvalue weighted by Crippen LogP contribution is -2.11. The predicted molar refractivity (Wildman–Crippen MR) is 133 cm³/mol. The Morgan fingerprint density at radius 1 is 1.06 bits per heavy atom. The van der Waals surface area contributed by atoms with Crippen LogP contribution in [0.5, 0.6) is 5.75 Å². The molecular formula is C25H24BrN3O2S. The van der Waals surface area contributed by atoms with Gasteiger partial charge in [0.1, 0.15) is 12.4 Å². The average Bonchev–Trinajstić information content (AvgIpc) is 3.38. The van der Waals surface area contributed by atoms with Gasteiger partial charge in [-0.3, -0.25) is 9.48 Å². The molecule has 0 fully saturated rings. The second-order valence-corrected chi connectivity index (χ2v) is 9.64. The summed E-state index contributed by atoms with van der Waals surface area (Å²) in [4.78, 5) is 13.3. The maximum Gasteiger partial charge on any atom is 0.266 e. The molecule has 5 nitrogen and oxygen atoms in total. The van der Waals surface area contributed by atoms with Gasteiger partial charge in [-0.25, -0.2) is 0 Å². The summed E-state index contributed by atoms with van der Waals surface area (Å²) in [7, 11) is 0. The molecule has 0 aliphatic heterocycles. The van der Waals surface area contributed by atoms with Crippen LogP contribution in [0.3, 0.4) is 0 Å². The first-order valence-electron chi connectivity index (χ1n) is 10.2. The van der Waals surface area contributed by atoms with E-state index in [-0.39, 0.29) is 5.91 Å². The Hall–Kier alpha value is -2.90. The van der Waals surface area contributed by atoms with E-state index in [9.17, 15) is 4.79 Å². The fraction of sp³-hybridized carbons (Fsp3) is 0.200. The van der Waals surface area contributed by atoms with E-state index >= 15 is 0 Å². The Bertz CT molecular complexity index is 1220. The third kappa shape index (κ3) is 5.47. The van der Waals surface area contributed by atoms with E-state index < -0.39 is 0 Å². The highest BCUT2D eigenvalue weighted by molar-refractivity contribution is 9.10. The molecule has 0 saturated heterocycles. The molecule has 32 heavy (non-hydrogen) atoms. The number of hydrogen-bond donors (Lipinski definition) is 1. The molecule has 0 atom stereocenters. The van der Waals surface area contributed by atoms with Crippen molar-refractivity contribution in [3.63, 3.8) is 0 Å². The molecule has 0 spiro atoms. The van der Waals surface area contributed by atoms with Gasteiger partial charge in [-0.2, -0.15) is 5.10 Å². The number of aryl methyl sites for hydroxylation is 3. The summed E-state index contributed by atoms with van der Waals surface area (Å²) < 4.78 is 8.89. The molecule has 0 aliphatic carbocycles. The van der Waals surface area contributed by atoms with Crippen LogP contribution in [0.25, 0.3) is 0 Å². The zero-order valence-electron chi connectivity index (χ0n) is 18.2. The Morgan fingerprint density at radius 2 is 1.78 bits per heavy atom. The molecule has 0 saturated carbocycles. The van der Waals surface area contributed by atoms with Crippen molar-refractivity contribution < 1.29 is 9.53 Å². The Balaban J connectivity index is 1.35. The van der Waals surface area contributed by atoms with Crippen molar-refractivity contribution in [3.8, 4) is 5.75 Å². The zero-order valence-corrected chi connectivity index (χ0v) is 20.6. The van der Waals surface area contributed by atoms with Crippen LogP contribution in [0.4, 0.5) is 5.82 Å². The molecule has 4 aromatic rings. The molecule has 7 heteroatoms. The molecule has 0 bridgehead atoms. The number of rotatable bonds is 7. The van der Waals surface area contributed by atoms with Crippen molar-refractivity contribution in [3.05, 3.63) is 97.3 Å². The molecule has 4 rings (SSSR count). The standard InChI is InChI=1S/C25H24BrN3O2S/c1-16-10-17(2)24(18(3)11-16)31-14-20-12-22(32-15-20)25(30)27-23-8-9-29(28-23)13-19-4-6-21(26)7-5-19/h4-12,15H,13-14H2,1-3H3,(H,27,28,30).